The molecule has 2 heterocycles. The Morgan fingerprint density at radius 2 is 0.915 bits per heavy atom. The number of nitrogens with zero attached hydrogens (tertiary/aromatic N) is 3. The van der Waals surface area contributed by atoms with Gasteiger partial charge in [0.25, 0.3) is 0 Å². The molecule has 0 bridgehead atoms. The molecule has 0 atom stereocenters. The lowest BCUT2D eigenvalue weighted by Gasteiger charge is -2.26. The highest BCUT2D eigenvalue weighted by atomic mass is 16.6. The molecule has 0 radical (unpaired) electrons. The molecule has 0 unspecified atom stereocenters. The summed E-state index contributed by atoms with van der Waals surface area (Å²) in [4.78, 5) is 15.6. The van der Waals surface area contributed by atoms with E-state index in [2.05, 4.69) is 129 Å². The molecule has 0 N–H and O–H groups in total. The smallest absolute Gasteiger partial charge is 0.178 e. The number of rotatable bonds is 4. The first-order chi connectivity index (χ1) is 29.0. The second-order valence-corrected chi connectivity index (χ2v) is 15.9. The fourth-order valence-corrected chi connectivity index (χ4v) is 9.36. The van der Waals surface area contributed by atoms with Gasteiger partial charge in [-0.2, -0.15) is 0 Å². The summed E-state index contributed by atoms with van der Waals surface area (Å²) in [5.41, 5.74) is 9.10. The number of hydrogen-bond acceptors (Lipinski definition) is 5. The van der Waals surface area contributed by atoms with Crippen molar-refractivity contribution >= 4 is 32.3 Å². The molecule has 12 rings (SSSR count). The molecule has 59 heavy (non-hydrogen) atoms. The van der Waals surface area contributed by atoms with E-state index in [0.717, 1.165) is 44.5 Å². The maximum Gasteiger partial charge on any atom is 0.178 e. The standard InChI is InChI=1S/C54H35N3O2/c1-54(2)44-25-13-12-23-42(44)48-45(54)29-30-47-50(48)59-49-40(24-14-26-46(49)58-47)38-21-10-11-22-41(38)53-56-51(32-15-4-3-5-16-32)55-52(57-53)33-27-28-39-36-19-7-6-17-34(36)35-18-8-9-20-37(35)43(39)31-33/h3-31H,1-2H3. The van der Waals surface area contributed by atoms with Gasteiger partial charge in [-0.15, -0.1) is 0 Å². The molecule has 1 aliphatic heterocycles. The molecule has 0 spiro atoms. The molecule has 5 heteroatoms. The lowest BCUT2D eigenvalue weighted by Crippen LogP contribution is -2.15. The summed E-state index contributed by atoms with van der Waals surface area (Å²) < 4.78 is 13.7. The molecular weight excluding hydrogens is 723 g/mol. The second kappa shape index (κ2) is 12.7. The van der Waals surface area contributed by atoms with Gasteiger partial charge in [-0.05, 0) is 72.8 Å². The van der Waals surface area contributed by atoms with Crippen LogP contribution in [0.3, 0.4) is 0 Å². The first kappa shape index (κ1) is 33.5. The summed E-state index contributed by atoms with van der Waals surface area (Å²) >= 11 is 0. The van der Waals surface area contributed by atoms with E-state index in [-0.39, 0.29) is 5.41 Å². The van der Waals surface area contributed by atoms with E-state index in [9.17, 15) is 0 Å². The van der Waals surface area contributed by atoms with Crippen LogP contribution in [0.15, 0.2) is 176 Å². The summed E-state index contributed by atoms with van der Waals surface area (Å²) in [5.74, 6) is 4.54. The van der Waals surface area contributed by atoms with Gasteiger partial charge in [-0.25, -0.2) is 15.0 Å². The zero-order valence-electron chi connectivity index (χ0n) is 32.4. The van der Waals surface area contributed by atoms with Crippen LogP contribution in [0.4, 0.5) is 0 Å². The Bertz CT molecular complexity index is 3340. The molecule has 278 valence electrons. The zero-order chi connectivity index (χ0) is 39.2. The molecule has 0 saturated carbocycles. The van der Waals surface area contributed by atoms with E-state index in [4.69, 9.17) is 24.4 Å². The Balaban J connectivity index is 1.04. The van der Waals surface area contributed by atoms with Gasteiger partial charge in [-0.1, -0.05) is 172 Å². The van der Waals surface area contributed by atoms with Crippen LogP contribution in [-0.4, -0.2) is 15.0 Å². The van der Waals surface area contributed by atoms with Crippen molar-refractivity contribution in [3.05, 3.63) is 187 Å². The van der Waals surface area contributed by atoms with E-state index in [1.807, 2.05) is 60.7 Å². The second-order valence-electron chi connectivity index (χ2n) is 15.9. The van der Waals surface area contributed by atoms with Crippen molar-refractivity contribution in [1.82, 2.24) is 15.0 Å². The lowest BCUT2D eigenvalue weighted by atomic mass is 9.82. The molecule has 0 amide bonds. The third kappa shape index (κ3) is 5.08. The summed E-state index contributed by atoms with van der Waals surface area (Å²) in [7, 11) is 0. The van der Waals surface area contributed by atoms with Crippen LogP contribution in [0.25, 0.3) is 88.7 Å². The highest BCUT2D eigenvalue weighted by Crippen LogP contribution is 2.59. The normalized spacial score (nSPS) is 13.3. The topological polar surface area (TPSA) is 57.1 Å². The molecule has 9 aromatic carbocycles. The van der Waals surface area contributed by atoms with Gasteiger partial charge in [0.05, 0.1) is 0 Å². The number of benzene rings is 9. The Labute approximate surface area is 341 Å². The molecule has 0 saturated heterocycles. The van der Waals surface area contributed by atoms with Crippen LogP contribution in [0.5, 0.6) is 23.0 Å². The van der Waals surface area contributed by atoms with Crippen LogP contribution < -0.4 is 9.47 Å². The molecule has 5 nitrogen and oxygen atoms in total. The van der Waals surface area contributed by atoms with E-state index in [1.54, 1.807) is 0 Å². The van der Waals surface area contributed by atoms with E-state index in [1.165, 1.54) is 43.6 Å². The van der Waals surface area contributed by atoms with Gasteiger partial charge in [0.2, 0.25) is 0 Å². The van der Waals surface area contributed by atoms with E-state index in [0.29, 0.717) is 34.7 Å². The first-order valence-electron chi connectivity index (χ1n) is 20.0. The number of aromatic nitrogens is 3. The average Bonchev–Trinajstić information content (AvgIpc) is 3.54. The van der Waals surface area contributed by atoms with Crippen LogP contribution >= 0.6 is 0 Å². The highest BCUT2D eigenvalue weighted by molar-refractivity contribution is 6.25. The van der Waals surface area contributed by atoms with Crippen molar-refractivity contribution in [2.75, 3.05) is 0 Å². The molecule has 1 aliphatic carbocycles. The number of para-hydroxylation sites is 1. The summed E-state index contributed by atoms with van der Waals surface area (Å²) in [6, 6.07) is 61.2. The summed E-state index contributed by atoms with van der Waals surface area (Å²) in [6.07, 6.45) is 0. The zero-order valence-corrected chi connectivity index (χ0v) is 32.4. The minimum atomic E-state index is -0.171. The number of hydrogen-bond donors (Lipinski definition) is 0. The molecule has 10 aromatic rings. The number of ether oxygens (including phenoxy) is 2. The molecule has 2 aliphatic rings. The Morgan fingerprint density at radius 3 is 1.66 bits per heavy atom. The Hall–Kier alpha value is -7.63. The quantitative estimate of drug-likeness (QED) is 0.167. The van der Waals surface area contributed by atoms with Gasteiger partial charge in [0.15, 0.2) is 40.5 Å². The summed E-state index contributed by atoms with van der Waals surface area (Å²) in [6.45, 7) is 4.55. The monoisotopic (exact) mass is 757 g/mol. The van der Waals surface area contributed by atoms with Crippen molar-refractivity contribution in [2.24, 2.45) is 0 Å². The maximum atomic E-state index is 7.06. The van der Waals surface area contributed by atoms with Crippen molar-refractivity contribution in [3.8, 4) is 79.4 Å². The van der Waals surface area contributed by atoms with Crippen LogP contribution in [-0.2, 0) is 5.41 Å². The van der Waals surface area contributed by atoms with Crippen molar-refractivity contribution in [2.45, 2.75) is 19.3 Å². The average molecular weight is 758 g/mol. The third-order valence-electron chi connectivity index (χ3n) is 12.2. The van der Waals surface area contributed by atoms with Crippen molar-refractivity contribution in [1.29, 1.82) is 0 Å². The lowest BCUT2D eigenvalue weighted by molar-refractivity contribution is 0.361. The molecule has 0 fully saturated rings. The predicted molar refractivity (Wildman–Crippen MR) is 238 cm³/mol. The first-order valence-corrected chi connectivity index (χ1v) is 20.0. The third-order valence-corrected chi connectivity index (χ3v) is 12.2. The maximum absolute atomic E-state index is 7.06. The SMILES string of the molecule is CC1(C)c2ccccc2-c2c1ccc1c2Oc2c(cccc2-c2ccccc2-c2nc(-c3ccccc3)nc(-c3ccc4c5ccccc5c5ccccc5c4c3)n2)O1. The van der Waals surface area contributed by atoms with Gasteiger partial charge < -0.3 is 9.47 Å². The van der Waals surface area contributed by atoms with Gasteiger partial charge in [-0.3, -0.25) is 0 Å². The van der Waals surface area contributed by atoms with Crippen LogP contribution in [0, 0.1) is 0 Å². The predicted octanol–water partition coefficient (Wildman–Crippen LogP) is 14.2. The Kier molecular flexibility index (Phi) is 7.20. The largest absolute Gasteiger partial charge is 0.449 e. The highest BCUT2D eigenvalue weighted by Gasteiger charge is 2.40. The van der Waals surface area contributed by atoms with Crippen LogP contribution in [0.2, 0.25) is 0 Å². The van der Waals surface area contributed by atoms with E-state index < -0.39 is 0 Å². The van der Waals surface area contributed by atoms with E-state index >= 15 is 0 Å². The number of fused-ring (bicyclic) bond motifs is 12. The fourth-order valence-electron chi connectivity index (χ4n) is 9.36. The van der Waals surface area contributed by atoms with Crippen molar-refractivity contribution in [3.63, 3.8) is 0 Å². The minimum Gasteiger partial charge on any atom is -0.449 e. The molecular formula is C54H35N3O2. The van der Waals surface area contributed by atoms with Crippen LogP contribution in [0.1, 0.15) is 25.0 Å². The molecule has 1 aromatic heterocycles. The minimum absolute atomic E-state index is 0.171. The van der Waals surface area contributed by atoms with Crippen molar-refractivity contribution < 1.29 is 9.47 Å². The van der Waals surface area contributed by atoms with Gasteiger partial charge in [0.1, 0.15) is 0 Å². The van der Waals surface area contributed by atoms with Gasteiger partial charge in [0, 0.05) is 33.2 Å². The summed E-state index contributed by atoms with van der Waals surface area (Å²) in [5, 5.41) is 7.24. The van der Waals surface area contributed by atoms with Gasteiger partial charge >= 0.3 is 0 Å². The Morgan fingerprint density at radius 1 is 0.356 bits per heavy atom. The fraction of sp³-hybridized carbons (Fsp3) is 0.0556.